The molecule has 0 aromatic heterocycles. The molecule has 0 aliphatic heterocycles. The monoisotopic (exact) mass is 263 g/mol. The van der Waals surface area contributed by atoms with Crippen molar-refractivity contribution in [3.05, 3.63) is 30.1 Å². The van der Waals surface area contributed by atoms with Crippen LogP contribution in [0.1, 0.15) is 46.5 Å². The predicted molar refractivity (Wildman–Crippen MR) is 79.8 cm³/mol. The predicted octanol–water partition coefficient (Wildman–Crippen LogP) is 5.09. The van der Waals surface area contributed by atoms with Crippen LogP contribution < -0.4 is 5.32 Å². The van der Waals surface area contributed by atoms with Gasteiger partial charge in [-0.3, -0.25) is 0 Å². The molecule has 106 valence electrons. The number of anilines is 1. The molecule has 0 amide bonds. The van der Waals surface area contributed by atoms with Gasteiger partial charge in [0.2, 0.25) is 0 Å². The normalized spacial score (nSPS) is 24.2. The van der Waals surface area contributed by atoms with E-state index in [2.05, 4.69) is 26.1 Å². The molecule has 1 aromatic carbocycles. The summed E-state index contributed by atoms with van der Waals surface area (Å²) in [5.41, 5.74) is 1.07. The molecule has 1 aliphatic carbocycles. The summed E-state index contributed by atoms with van der Waals surface area (Å²) in [6.45, 7) is 7.93. The summed E-state index contributed by atoms with van der Waals surface area (Å²) >= 11 is 0. The van der Waals surface area contributed by atoms with Crippen LogP contribution in [0.4, 0.5) is 10.1 Å². The maximum atomic E-state index is 13.5. The molecule has 0 bridgehead atoms. The second-order valence-corrected chi connectivity index (χ2v) is 6.94. The molecule has 19 heavy (non-hydrogen) atoms. The number of hydrogen-bond donors (Lipinski definition) is 1. The van der Waals surface area contributed by atoms with E-state index in [1.807, 2.05) is 12.1 Å². The second-order valence-electron chi connectivity index (χ2n) is 6.94. The highest BCUT2D eigenvalue weighted by atomic mass is 19.1. The maximum Gasteiger partial charge on any atom is 0.146 e. The Morgan fingerprint density at radius 2 is 1.74 bits per heavy atom. The van der Waals surface area contributed by atoms with E-state index in [0.717, 1.165) is 12.5 Å². The smallest absolute Gasteiger partial charge is 0.146 e. The van der Waals surface area contributed by atoms with E-state index in [-0.39, 0.29) is 5.82 Å². The van der Waals surface area contributed by atoms with Gasteiger partial charge in [0.1, 0.15) is 5.82 Å². The maximum absolute atomic E-state index is 13.5. The van der Waals surface area contributed by atoms with E-state index >= 15 is 0 Å². The van der Waals surface area contributed by atoms with Gasteiger partial charge in [-0.25, -0.2) is 4.39 Å². The molecule has 2 rings (SSSR count). The molecule has 0 unspecified atom stereocenters. The van der Waals surface area contributed by atoms with Crippen LogP contribution >= 0.6 is 0 Å². The first-order valence-corrected chi connectivity index (χ1v) is 7.45. The van der Waals surface area contributed by atoms with E-state index in [0.29, 0.717) is 17.0 Å². The topological polar surface area (TPSA) is 12.0 Å². The lowest BCUT2D eigenvalue weighted by Crippen LogP contribution is -2.28. The Kier molecular flexibility index (Phi) is 4.49. The minimum Gasteiger partial charge on any atom is -0.382 e. The summed E-state index contributed by atoms with van der Waals surface area (Å²) < 4.78 is 13.5. The molecular formula is C17H26FN. The molecule has 0 spiro atoms. The van der Waals surface area contributed by atoms with Crippen LogP contribution in [-0.2, 0) is 0 Å². The van der Waals surface area contributed by atoms with Crippen LogP contribution in [0.5, 0.6) is 0 Å². The Labute approximate surface area is 116 Å². The van der Waals surface area contributed by atoms with Crippen molar-refractivity contribution >= 4 is 5.69 Å². The van der Waals surface area contributed by atoms with E-state index in [1.54, 1.807) is 6.07 Å². The number of halogens is 1. The van der Waals surface area contributed by atoms with Gasteiger partial charge >= 0.3 is 0 Å². The lowest BCUT2D eigenvalue weighted by atomic mass is 9.70. The van der Waals surface area contributed by atoms with Crippen LogP contribution in [0.3, 0.4) is 0 Å². The Balaban J connectivity index is 1.79. The summed E-state index contributed by atoms with van der Waals surface area (Å²) in [5, 5.41) is 3.26. The fourth-order valence-corrected chi connectivity index (χ4v) is 3.09. The lowest BCUT2D eigenvalue weighted by molar-refractivity contribution is 0.153. The molecule has 1 nitrogen and oxygen atoms in total. The fraction of sp³-hybridized carbons (Fsp3) is 0.647. The van der Waals surface area contributed by atoms with Crippen LogP contribution in [0.25, 0.3) is 0 Å². The van der Waals surface area contributed by atoms with Gasteiger partial charge in [0, 0.05) is 6.54 Å². The van der Waals surface area contributed by atoms with Crippen molar-refractivity contribution in [1.29, 1.82) is 0 Å². The summed E-state index contributed by atoms with van der Waals surface area (Å²) in [4.78, 5) is 0. The zero-order valence-corrected chi connectivity index (χ0v) is 12.4. The fourth-order valence-electron chi connectivity index (χ4n) is 3.09. The Morgan fingerprint density at radius 1 is 1.11 bits per heavy atom. The van der Waals surface area contributed by atoms with Gasteiger partial charge in [-0.2, -0.15) is 0 Å². The van der Waals surface area contributed by atoms with Crippen LogP contribution in [0.2, 0.25) is 0 Å². The molecule has 1 N–H and O–H groups in total. The van der Waals surface area contributed by atoms with E-state index < -0.39 is 0 Å². The molecule has 0 radical (unpaired) electrons. The lowest BCUT2D eigenvalue weighted by Gasteiger charge is -2.37. The first kappa shape index (κ1) is 14.4. The van der Waals surface area contributed by atoms with Gasteiger partial charge in [0.25, 0.3) is 0 Å². The summed E-state index contributed by atoms with van der Waals surface area (Å²) in [6.07, 6.45) is 5.16. The van der Waals surface area contributed by atoms with Crippen LogP contribution in [-0.4, -0.2) is 6.54 Å². The van der Waals surface area contributed by atoms with Crippen molar-refractivity contribution in [3.63, 3.8) is 0 Å². The number of para-hydroxylation sites is 1. The molecule has 0 atom stereocenters. The van der Waals surface area contributed by atoms with Crippen molar-refractivity contribution in [2.45, 2.75) is 46.5 Å². The van der Waals surface area contributed by atoms with Crippen LogP contribution in [0.15, 0.2) is 24.3 Å². The Bertz CT molecular complexity index is 400. The van der Waals surface area contributed by atoms with Crippen LogP contribution in [0, 0.1) is 23.1 Å². The third-order valence-electron chi connectivity index (χ3n) is 4.53. The van der Waals surface area contributed by atoms with Crippen molar-refractivity contribution in [3.8, 4) is 0 Å². The minimum atomic E-state index is -0.147. The number of nitrogens with one attached hydrogen (secondary N) is 1. The third-order valence-corrected chi connectivity index (χ3v) is 4.53. The highest BCUT2D eigenvalue weighted by Gasteiger charge is 2.29. The van der Waals surface area contributed by atoms with E-state index in [9.17, 15) is 4.39 Å². The first-order chi connectivity index (χ1) is 8.97. The van der Waals surface area contributed by atoms with Gasteiger partial charge < -0.3 is 5.32 Å². The molecule has 0 heterocycles. The average Bonchev–Trinajstić information content (AvgIpc) is 2.37. The standard InChI is InChI=1S/C17H26FN/c1-17(2,3)14-10-8-13(9-11-14)12-19-16-7-5-4-6-15(16)18/h4-7,13-14,19H,8-12H2,1-3H3. The summed E-state index contributed by atoms with van der Waals surface area (Å²) in [5.74, 6) is 1.39. The molecule has 1 fully saturated rings. The van der Waals surface area contributed by atoms with Gasteiger partial charge in [-0.15, -0.1) is 0 Å². The van der Waals surface area contributed by atoms with Gasteiger partial charge in [-0.1, -0.05) is 32.9 Å². The first-order valence-electron chi connectivity index (χ1n) is 7.45. The molecule has 1 aliphatic rings. The highest BCUT2D eigenvalue weighted by Crippen LogP contribution is 2.39. The highest BCUT2D eigenvalue weighted by molar-refractivity contribution is 5.44. The largest absolute Gasteiger partial charge is 0.382 e. The Hall–Kier alpha value is -1.05. The quantitative estimate of drug-likeness (QED) is 0.801. The third kappa shape index (κ3) is 3.95. The van der Waals surface area contributed by atoms with Crippen molar-refractivity contribution in [2.24, 2.45) is 17.3 Å². The van der Waals surface area contributed by atoms with Gasteiger partial charge in [-0.05, 0) is 55.1 Å². The number of benzene rings is 1. The van der Waals surface area contributed by atoms with Crippen molar-refractivity contribution in [1.82, 2.24) is 0 Å². The molecule has 0 saturated heterocycles. The van der Waals surface area contributed by atoms with Gasteiger partial charge in [0.15, 0.2) is 0 Å². The Morgan fingerprint density at radius 3 is 2.32 bits per heavy atom. The zero-order chi connectivity index (χ0) is 13.9. The van der Waals surface area contributed by atoms with Gasteiger partial charge in [0.05, 0.1) is 5.69 Å². The van der Waals surface area contributed by atoms with E-state index in [4.69, 9.17) is 0 Å². The van der Waals surface area contributed by atoms with Crippen molar-refractivity contribution < 1.29 is 4.39 Å². The molecular weight excluding hydrogens is 237 g/mol. The summed E-state index contributed by atoms with van der Waals surface area (Å²) in [6, 6.07) is 6.94. The number of rotatable bonds is 3. The SMILES string of the molecule is CC(C)(C)C1CCC(CNc2ccccc2F)CC1. The average molecular weight is 263 g/mol. The number of hydrogen-bond acceptors (Lipinski definition) is 1. The molecule has 1 aromatic rings. The zero-order valence-electron chi connectivity index (χ0n) is 12.4. The second kappa shape index (κ2) is 5.94. The molecule has 1 saturated carbocycles. The minimum absolute atomic E-state index is 0.147. The molecule has 2 heteroatoms. The van der Waals surface area contributed by atoms with E-state index in [1.165, 1.54) is 31.7 Å². The van der Waals surface area contributed by atoms with Crippen molar-refractivity contribution in [2.75, 3.05) is 11.9 Å². The summed E-state index contributed by atoms with van der Waals surface area (Å²) in [7, 11) is 0.